The quantitative estimate of drug-likeness (QED) is 0.343. The van der Waals surface area contributed by atoms with Gasteiger partial charge in [0.25, 0.3) is 0 Å². The van der Waals surface area contributed by atoms with Crippen LogP contribution >= 0.6 is 0 Å². The molecule has 3 aromatic carbocycles. The van der Waals surface area contributed by atoms with E-state index in [4.69, 9.17) is 4.74 Å². The van der Waals surface area contributed by atoms with Gasteiger partial charge in [-0.1, -0.05) is 44.0 Å². The fraction of sp³-hybridized carbons (Fsp3) is 0.273. The lowest BCUT2D eigenvalue weighted by Crippen LogP contribution is -1.97. The van der Waals surface area contributed by atoms with E-state index in [2.05, 4.69) is 19.1 Å². The van der Waals surface area contributed by atoms with Crippen molar-refractivity contribution in [1.29, 1.82) is 0 Å². The Morgan fingerprint density at radius 2 is 1.54 bits per heavy atom. The normalized spacial score (nSPS) is 11.1. The molecule has 3 rings (SSSR count). The summed E-state index contributed by atoms with van der Waals surface area (Å²) in [6.07, 6.45) is 4.71. The Balaban J connectivity index is 1.67. The molecule has 0 fully saturated rings. The third kappa shape index (κ3) is 4.18. The first-order valence-electron chi connectivity index (χ1n) is 8.86. The first kappa shape index (κ1) is 18.3. The average molecular weight is 358 g/mol. The van der Waals surface area contributed by atoms with Crippen molar-refractivity contribution in [3.05, 3.63) is 77.1 Å². The van der Waals surface area contributed by atoms with Crippen molar-refractivity contribution in [1.82, 2.24) is 0 Å². The highest BCUT2D eigenvalue weighted by Crippen LogP contribution is 2.27. The Kier molecular flexibility index (Phi) is 5.82. The Labute approximate surface area is 151 Å². The summed E-state index contributed by atoms with van der Waals surface area (Å²) < 4.78 is 46.1. The summed E-state index contributed by atoms with van der Waals surface area (Å²) in [5, 5.41) is 0.304. The van der Waals surface area contributed by atoms with E-state index >= 15 is 0 Å². The third-order valence-corrected chi connectivity index (χ3v) is 4.44. The van der Waals surface area contributed by atoms with E-state index in [1.807, 2.05) is 12.1 Å². The van der Waals surface area contributed by atoms with Gasteiger partial charge in [0.2, 0.25) is 0 Å². The maximum atomic E-state index is 13.7. The molecule has 0 radical (unpaired) electrons. The minimum atomic E-state index is -1.45. The zero-order chi connectivity index (χ0) is 18.5. The van der Waals surface area contributed by atoms with E-state index in [9.17, 15) is 13.2 Å². The number of hydrogen-bond donors (Lipinski definition) is 0. The van der Waals surface area contributed by atoms with Crippen LogP contribution in [0.4, 0.5) is 13.2 Å². The zero-order valence-corrected chi connectivity index (χ0v) is 14.7. The minimum Gasteiger partial charge on any atom is -0.489 e. The van der Waals surface area contributed by atoms with Crippen LogP contribution in [0.5, 0.6) is 5.75 Å². The van der Waals surface area contributed by atoms with Gasteiger partial charge in [-0.2, -0.15) is 0 Å². The molecule has 0 spiro atoms. The molecule has 0 aromatic heterocycles. The summed E-state index contributed by atoms with van der Waals surface area (Å²) in [4.78, 5) is 0. The van der Waals surface area contributed by atoms with Crippen LogP contribution in [0.2, 0.25) is 0 Å². The largest absolute Gasteiger partial charge is 0.489 e. The predicted molar refractivity (Wildman–Crippen MR) is 97.8 cm³/mol. The third-order valence-electron chi connectivity index (χ3n) is 4.44. The molecule has 0 atom stereocenters. The van der Waals surface area contributed by atoms with E-state index in [0.29, 0.717) is 12.4 Å². The minimum absolute atomic E-state index is 0.0349. The van der Waals surface area contributed by atoms with E-state index in [1.165, 1.54) is 37.0 Å². The van der Waals surface area contributed by atoms with Gasteiger partial charge in [0.05, 0.1) is 0 Å². The Hall–Kier alpha value is -2.49. The monoisotopic (exact) mass is 358 g/mol. The van der Waals surface area contributed by atoms with Gasteiger partial charge in [0, 0.05) is 5.39 Å². The van der Waals surface area contributed by atoms with E-state index in [-0.39, 0.29) is 10.8 Å². The smallest absolute Gasteiger partial charge is 0.195 e. The van der Waals surface area contributed by atoms with Crippen molar-refractivity contribution in [2.45, 2.75) is 39.2 Å². The van der Waals surface area contributed by atoms with Crippen LogP contribution in [-0.2, 0) is 13.0 Å². The van der Waals surface area contributed by atoms with Crippen LogP contribution in [0.15, 0.2) is 48.5 Å². The molecular formula is C22H21F3O. The van der Waals surface area contributed by atoms with Gasteiger partial charge < -0.3 is 4.74 Å². The summed E-state index contributed by atoms with van der Waals surface area (Å²) in [5.74, 6) is -3.35. The van der Waals surface area contributed by atoms with Crippen molar-refractivity contribution in [2.75, 3.05) is 0 Å². The topological polar surface area (TPSA) is 9.23 Å². The summed E-state index contributed by atoms with van der Waals surface area (Å²) in [6.45, 7) is 2.54. The van der Waals surface area contributed by atoms with Crippen LogP contribution < -0.4 is 4.74 Å². The Morgan fingerprint density at radius 1 is 0.808 bits per heavy atom. The highest BCUT2D eigenvalue weighted by Gasteiger charge is 2.13. The molecule has 0 heterocycles. The molecule has 4 heteroatoms. The lowest BCUT2D eigenvalue weighted by Gasteiger charge is -2.09. The van der Waals surface area contributed by atoms with Crippen molar-refractivity contribution >= 4 is 10.8 Å². The van der Waals surface area contributed by atoms with Crippen molar-refractivity contribution in [3.63, 3.8) is 0 Å². The highest BCUT2D eigenvalue weighted by atomic mass is 19.2. The molecule has 0 bridgehead atoms. The summed E-state index contributed by atoms with van der Waals surface area (Å²) in [6, 6.07) is 13.7. The molecule has 0 saturated heterocycles. The van der Waals surface area contributed by atoms with E-state index < -0.39 is 17.5 Å². The first-order chi connectivity index (χ1) is 12.6. The highest BCUT2D eigenvalue weighted by molar-refractivity contribution is 5.84. The predicted octanol–water partition coefficient (Wildman–Crippen LogP) is 6.57. The number of aryl methyl sites for hydroxylation is 1. The number of benzene rings is 3. The maximum absolute atomic E-state index is 13.7. The molecular weight excluding hydrogens is 337 g/mol. The van der Waals surface area contributed by atoms with Gasteiger partial charge in [-0.3, -0.25) is 0 Å². The molecule has 136 valence electrons. The zero-order valence-electron chi connectivity index (χ0n) is 14.7. The van der Waals surface area contributed by atoms with Gasteiger partial charge in [-0.15, -0.1) is 0 Å². The molecule has 0 N–H and O–H groups in total. The molecule has 0 aliphatic heterocycles. The SMILES string of the molecule is CCCCCc1ccc(COc2ccc3c(F)c(F)c(F)cc3c2)cc1. The molecule has 3 aromatic rings. The van der Waals surface area contributed by atoms with Crippen LogP contribution in [0, 0.1) is 17.5 Å². The van der Waals surface area contributed by atoms with E-state index in [1.54, 1.807) is 6.07 Å². The number of halogens is 3. The maximum Gasteiger partial charge on any atom is 0.195 e. The Bertz CT molecular complexity index is 888. The fourth-order valence-electron chi connectivity index (χ4n) is 2.92. The first-order valence-corrected chi connectivity index (χ1v) is 8.86. The summed E-state index contributed by atoms with van der Waals surface area (Å²) >= 11 is 0. The molecule has 0 unspecified atom stereocenters. The standard InChI is InChI=1S/C22H21F3O/c1-2-3-4-5-15-6-8-16(9-7-15)14-26-18-10-11-19-17(12-18)13-20(23)22(25)21(19)24/h6-13H,2-5,14H2,1H3. The second-order valence-corrected chi connectivity index (χ2v) is 6.43. The number of unbranched alkanes of at least 4 members (excludes halogenated alkanes) is 2. The second-order valence-electron chi connectivity index (χ2n) is 6.43. The summed E-state index contributed by atoms with van der Waals surface area (Å²) in [7, 11) is 0. The molecule has 1 nitrogen and oxygen atoms in total. The number of ether oxygens (including phenoxy) is 1. The van der Waals surface area contributed by atoms with E-state index in [0.717, 1.165) is 18.1 Å². The van der Waals surface area contributed by atoms with Crippen molar-refractivity contribution in [2.24, 2.45) is 0 Å². The van der Waals surface area contributed by atoms with Gasteiger partial charge in [0.1, 0.15) is 12.4 Å². The Morgan fingerprint density at radius 3 is 2.27 bits per heavy atom. The number of rotatable bonds is 7. The van der Waals surface area contributed by atoms with Crippen molar-refractivity contribution < 1.29 is 17.9 Å². The van der Waals surface area contributed by atoms with Gasteiger partial charge in [-0.05, 0) is 53.6 Å². The lowest BCUT2D eigenvalue weighted by molar-refractivity contribution is 0.306. The fourth-order valence-corrected chi connectivity index (χ4v) is 2.92. The van der Waals surface area contributed by atoms with Crippen LogP contribution in [-0.4, -0.2) is 0 Å². The van der Waals surface area contributed by atoms with Gasteiger partial charge in [-0.25, -0.2) is 13.2 Å². The molecule has 0 saturated carbocycles. The molecule has 26 heavy (non-hydrogen) atoms. The van der Waals surface area contributed by atoms with Crippen molar-refractivity contribution in [3.8, 4) is 5.75 Å². The number of fused-ring (bicyclic) bond motifs is 1. The van der Waals surface area contributed by atoms with Gasteiger partial charge in [0.15, 0.2) is 17.5 Å². The molecule has 0 amide bonds. The second kappa shape index (κ2) is 8.26. The summed E-state index contributed by atoms with van der Waals surface area (Å²) in [5.41, 5.74) is 2.32. The average Bonchev–Trinajstić information content (AvgIpc) is 2.65. The number of hydrogen-bond acceptors (Lipinski definition) is 1. The molecule has 0 aliphatic carbocycles. The molecule has 0 aliphatic rings. The van der Waals surface area contributed by atoms with Crippen LogP contribution in [0.3, 0.4) is 0 Å². The van der Waals surface area contributed by atoms with Crippen LogP contribution in [0.1, 0.15) is 37.3 Å². The van der Waals surface area contributed by atoms with Crippen LogP contribution in [0.25, 0.3) is 10.8 Å². The van der Waals surface area contributed by atoms with Gasteiger partial charge >= 0.3 is 0 Å². The lowest BCUT2D eigenvalue weighted by atomic mass is 10.1.